The zero-order chi connectivity index (χ0) is 14.3. The Morgan fingerprint density at radius 3 is 2.32 bits per heavy atom. The molecule has 1 aromatic rings. The van der Waals surface area contributed by atoms with E-state index >= 15 is 0 Å². The largest absolute Gasteiger partial charge is 0.352 e. The van der Waals surface area contributed by atoms with E-state index in [9.17, 15) is 13.2 Å². The molecular weight excluding hydrogens is 262 g/mol. The van der Waals surface area contributed by atoms with Crippen LogP contribution >= 0.6 is 0 Å². The highest BCUT2D eigenvalue weighted by Crippen LogP contribution is 2.08. The maximum absolute atomic E-state index is 11.8. The number of rotatable bonds is 7. The number of carbonyl (C=O) groups excluding carboxylic acids is 1. The lowest BCUT2D eigenvalue weighted by atomic mass is 10.1. The van der Waals surface area contributed by atoms with Crippen molar-refractivity contribution in [2.75, 3.05) is 12.8 Å². The third-order valence-electron chi connectivity index (χ3n) is 2.71. The molecule has 1 rings (SSSR count). The second kappa shape index (κ2) is 7.28. The Morgan fingerprint density at radius 1 is 1.16 bits per heavy atom. The molecule has 0 aliphatic heterocycles. The molecule has 106 valence electrons. The van der Waals surface area contributed by atoms with E-state index in [2.05, 4.69) is 12.2 Å². The van der Waals surface area contributed by atoms with Crippen LogP contribution in [0.15, 0.2) is 24.3 Å². The van der Waals surface area contributed by atoms with E-state index in [1.807, 2.05) is 0 Å². The number of unbranched alkanes of at least 4 members (excludes halogenated alkanes) is 2. The fraction of sp³-hybridized carbons (Fsp3) is 0.500. The highest BCUT2D eigenvalue weighted by Gasteiger charge is 2.07. The minimum absolute atomic E-state index is 0.00536. The zero-order valence-corrected chi connectivity index (χ0v) is 12.3. The summed E-state index contributed by atoms with van der Waals surface area (Å²) in [6, 6.07) is 6.69. The average molecular weight is 283 g/mol. The van der Waals surface area contributed by atoms with Crippen molar-refractivity contribution in [3.05, 3.63) is 35.4 Å². The maximum Gasteiger partial charge on any atom is 0.251 e. The Hall–Kier alpha value is -1.36. The molecule has 0 radical (unpaired) electrons. The lowest BCUT2D eigenvalue weighted by Gasteiger charge is -2.05. The lowest BCUT2D eigenvalue weighted by Crippen LogP contribution is -2.24. The summed E-state index contributed by atoms with van der Waals surface area (Å²) in [5, 5.41) is 2.84. The molecule has 0 heterocycles. The lowest BCUT2D eigenvalue weighted by molar-refractivity contribution is 0.0953. The van der Waals surface area contributed by atoms with E-state index in [-0.39, 0.29) is 11.7 Å². The van der Waals surface area contributed by atoms with Crippen LogP contribution in [0.5, 0.6) is 0 Å². The van der Waals surface area contributed by atoms with Gasteiger partial charge < -0.3 is 5.32 Å². The van der Waals surface area contributed by atoms with Crippen LogP contribution in [-0.2, 0) is 15.6 Å². The second-order valence-corrected chi connectivity index (χ2v) is 6.87. The molecule has 19 heavy (non-hydrogen) atoms. The van der Waals surface area contributed by atoms with Gasteiger partial charge in [-0.05, 0) is 24.1 Å². The molecule has 0 aliphatic rings. The number of amides is 1. The summed E-state index contributed by atoms with van der Waals surface area (Å²) in [6.07, 6.45) is 4.40. The van der Waals surface area contributed by atoms with Crippen molar-refractivity contribution in [3.8, 4) is 0 Å². The fourth-order valence-electron chi connectivity index (χ4n) is 1.73. The number of sulfone groups is 1. The van der Waals surface area contributed by atoms with Gasteiger partial charge in [-0.2, -0.15) is 0 Å². The highest BCUT2D eigenvalue weighted by molar-refractivity contribution is 7.89. The third-order valence-corrected chi connectivity index (χ3v) is 3.57. The number of benzene rings is 1. The zero-order valence-electron chi connectivity index (χ0n) is 11.5. The number of nitrogens with one attached hydrogen (secondary N) is 1. The monoisotopic (exact) mass is 283 g/mol. The first kappa shape index (κ1) is 15.7. The number of hydrogen-bond donors (Lipinski definition) is 1. The van der Waals surface area contributed by atoms with Gasteiger partial charge in [0.05, 0.1) is 5.75 Å². The Kier molecular flexibility index (Phi) is 6.02. The molecule has 5 heteroatoms. The van der Waals surface area contributed by atoms with Gasteiger partial charge in [0.25, 0.3) is 5.91 Å². The van der Waals surface area contributed by atoms with E-state index in [0.29, 0.717) is 17.7 Å². The molecule has 4 nitrogen and oxygen atoms in total. The molecule has 1 aromatic carbocycles. The van der Waals surface area contributed by atoms with Crippen molar-refractivity contribution in [2.24, 2.45) is 0 Å². The summed E-state index contributed by atoms with van der Waals surface area (Å²) in [5.41, 5.74) is 1.26. The topological polar surface area (TPSA) is 63.2 Å². The van der Waals surface area contributed by atoms with Crippen LogP contribution in [0.3, 0.4) is 0 Å². The van der Waals surface area contributed by atoms with Crippen molar-refractivity contribution < 1.29 is 13.2 Å². The Labute approximate surface area is 115 Å². The first-order valence-electron chi connectivity index (χ1n) is 6.47. The van der Waals surface area contributed by atoms with Crippen molar-refractivity contribution >= 4 is 15.7 Å². The van der Waals surface area contributed by atoms with Gasteiger partial charge in [0.15, 0.2) is 9.84 Å². The van der Waals surface area contributed by atoms with Crippen LogP contribution in [-0.4, -0.2) is 27.1 Å². The SMILES string of the molecule is CCCCCNC(=O)c1ccc(CS(C)(=O)=O)cc1. The predicted molar refractivity (Wildman–Crippen MR) is 76.8 cm³/mol. The molecule has 1 amide bonds. The molecule has 0 aromatic heterocycles. The number of hydrogen-bond acceptors (Lipinski definition) is 3. The fourth-order valence-corrected chi connectivity index (χ4v) is 2.53. The quantitative estimate of drug-likeness (QED) is 0.780. The summed E-state index contributed by atoms with van der Waals surface area (Å²) in [7, 11) is -3.03. The molecule has 0 bridgehead atoms. The van der Waals surface area contributed by atoms with Gasteiger partial charge in [-0.15, -0.1) is 0 Å². The van der Waals surface area contributed by atoms with Crippen LogP contribution in [0.2, 0.25) is 0 Å². The van der Waals surface area contributed by atoms with Crippen molar-refractivity contribution in [1.82, 2.24) is 5.32 Å². The highest BCUT2D eigenvalue weighted by atomic mass is 32.2. The van der Waals surface area contributed by atoms with Crippen LogP contribution in [0, 0.1) is 0 Å². The summed E-state index contributed by atoms with van der Waals surface area (Å²) in [6.45, 7) is 2.79. The molecule has 0 saturated heterocycles. The molecule has 0 atom stereocenters. The molecule has 0 aliphatic carbocycles. The van der Waals surface area contributed by atoms with Gasteiger partial charge in [0, 0.05) is 18.4 Å². The average Bonchev–Trinajstić information content (AvgIpc) is 2.33. The summed E-state index contributed by atoms with van der Waals surface area (Å²) >= 11 is 0. The van der Waals surface area contributed by atoms with Crippen molar-refractivity contribution in [2.45, 2.75) is 31.9 Å². The molecule has 1 N–H and O–H groups in total. The first-order valence-corrected chi connectivity index (χ1v) is 8.53. The van der Waals surface area contributed by atoms with E-state index in [1.54, 1.807) is 24.3 Å². The molecule has 0 spiro atoms. The summed E-state index contributed by atoms with van der Waals surface area (Å²) in [4.78, 5) is 11.8. The van der Waals surface area contributed by atoms with Crippen molar-refractivity contribution in [3.63, 3.8) is 0 Å². The Morgan fingerprint density at radius 2 is 1.79 bits per heavy atom. The van der Waals surface area contributed by atoms with E-state index in [4.69, 9.17) is 0 Å². The van der Waals surface area contributed by atoms with Crippen LogP contribution < -0.4 is 5.32 Å². The molecule has 0 fully saturated rings. The summed E-state index contributed by atoms with van der Waals surface area (Å²) in [5.74, 6) is -0.104. The van der Waals surface area contributed by atoms with Crippen LogP contribution in [0.25, 0.3) is 0 Å². The normalized spacial score (nSPS) is 11.3. The maximum atomic E-state index is 11.8. The Balaban J connectivity index is 2.53. The minimum atomic E-state index is -3.03. The molecular formula is C14H21NO3S. The Bertz CT molecular complexity index is 506. The first-order chi connectivity index (χ1) is 8.92. The minimum Gasteiger partial charge on any atom is -0.352 e. The van der Waals surface area contributed by atoms with Gasteiger partial charge in [0.1, 0.15) is 0 Å². The third kappa shape index (κ3) is 6.38. The molecule has 0 unspecified atom stereocenters. The van der Waals surface area contributed by atoms with Gasteiger partial charge in [0.2, 0.25) is 0 Å². The molecule has 0 saturated carbocycles. The van der Waals surface area contributed by atoms with Crippen molar-refractivity contribution in [1.29, 1.82) is 0 Å². The smallest absolute Gasteiger partial charge is 0.251 e. The van der Waals surface area contributed by atoms with E-state index < -0.39 is 9.84 Å². The van der Waals surface area contributed by atoms with E-state index in [0.717, 1.165) is 19.3 Å². The van der Waals surface area contributed by atoms with Gasteiger partial charge >= 0.3 is 0 Å². The van der Waals surface area contributed by atoms with Crippen LogP contribution in [0.1, 0.15) is 42.1 Å². The van der Waals surface area contributed by atoms with E-state index in [1.165, 1.54) is 6.26 Å². The number of carbonyl (C=O) groups is 1. The van der Waals surface area contributed by atoms with Gasteiger partial charge in [-0.25, -0.2) is 8.42 Å². The van der Waals surface area contributed by atoms with Gasteiger partial charge in [-0.3, -0.25) is 4.79 Å². The van der Waals surface area contributed by atoms with Gasteiger partial charge in [-0.1, -0.05) is 31.9 Å². The second-order valence-electron chi connectivity index (χ2n) is 4.73. The van der Waals surface area contributed by atoms with Crippen LogP contribution in [0.4, 0.5) is 0 Å². The summed E-state index contributed by atoms with van der Waals surface area (Å²) < 4.78 is 22.3. The predicted octanol–water partition coefficient (Wildman–Crippen LogP) is 2.15. The standard InChI is InChI=1S/C14H21NO3S/c1-3-4-5-10-15-14(16)13-8-6-12(7-9-13)11-19(2,17)18/h6-9H,3-5,10-11H2,1-2H3,(H,15,16).